The molecule has 0 aromatic heterocycles. The molecule has 2 amide bonds. The maximum atomic E-state index is 12.5. The Kier molecular flexibility index (Phi) is 4.06. The summed E-state index contributed by atoms with van der Waals surface area (Å²) in [6.07, 6.45) is 1.52. The standard InChI is InChI=1S/C17H19N3O2/c18-11-16(21)20-10-4-9-15(20)17(22)19-14-8-3-6-12-5-1-2-7-13(12)14/h1-3,5-8,15H,4,9-11,18H2,(H,19,22)/t15-/m0/s1. The van der Waals surface area contributed by atoms with Crippen molar-refractivity contribution in [3.8, 4) is 0 Å². The summed E-state index contributed by atoms with van der Waals surface area (Å²) >= 11 is 0. The van der Waals surface area contributed by atoms with Crippen molar-refractivity contribution in [3.05, 3.63) is 42.5 Å². The summed E-state index contributed by atoms with van der Waals surface area (Å²) in [6.45, 7) is 0.543. The van der Waals surface area contributed by atoms with Crippen molar-refractivity contribution in [1.82, 2.24) is 4.90 Å². The maximum absolute atomic E-state index is 12.5. The van der Waals surface area contributed by atoms with E-state index in [0.29, 0.717) is 13.0 Å². The zero-order valence-electron chi connectivity index (χ0n) is 12.3. The highest BCUT2D eigenvalue weighted by Crippen LogP contribution is 2.25. The Morgan fingerprint density at radius 1 is 1.18 bits per heavy atom. The second-order valence-corrected chi connectivity index (χ2v) is 5.47. The fraction of sp³-hybridized carbons (Fsp3) is 0.294. The predicted octanol–water partition coefficient (Wildman–Crippen LogP) is 1.73. The summed E-state index contributed by atoms with van der Waals surface area (Å²) in [5.41, 5.74) is 6.19. The summed E-state index contributed by atoms with van der Waals surface area (Å²) in [5.74, 6) is -0.314. The highest BCUT2D eigenvalue weighted by molar-refractivity contribution is 6.04. The topological polar surface area (TPSA) is 75.4 Å². The molecule has 2 aromatic rings. The van der Waals surface area contributed by atoms with Gasteiger partial charge in [0.1, 0.15) is 6.04 Å². The van der Waals surface area contributed by atoms with Crippen LogP contribution < -0.4 is 11.1 Å². The number of nitrogens with two attached hydrogens (primary N) is 1. The fourth-order valence-corrected chi connectivity index (χ4v) is 3.01. The van der Waals surface area contributed by atoms with E-state index in [0.717, 1.165) is 22.9 Å². The number of carbonyl (C=O) groups is 2. The SMILES string of the molecule is NCC(=O)N1CCC[C@H]1C(=O)Nc1cccc2ccccc12. The number of benzene rings is 2. The third-order valence-electron chi connectivity index (χ3n) is 4.10. The average Bonchev–Trinajstić information content (AvgIpc) is 3.04. The van der Waals surface area contributed by atoms with Crippen LogP contribution in [0.15, 0.2) is 42.5 Å². The molecule has 1 atom stereocenters. The molecular weight excluding hydrogens is 278 g/mol. The lowest BCUT2D eigenvalue weighted by molar-refractivity contribution is -0.135. The van der Waals surface area contributed by atoms with Gasteiger partial charge in [0.15, 0.2) is 0 Å². The zero-order chi connectivity index (χ0) is 15.5. The molecule has 1 aliphatic heterocycles. The van der Waals surface area contributed by atoms with E-state index in [1.165, 1.54) is 0 Å². The molecule has 1 aliphatic rings. The van der Waals surface area contributed by atoms with Gasteiger partial charge in [0.25, 0.3) is 0 Å². The summed E-state index contributed by atoms with van der Waals surface area (Å²) in [7, 11) is 0. The van der Waals surface area contributed by atoms with E-state index in [-0.39, 0.29) is 18.4 Å². The van der Waals surface area contributed by atoms with Crippen LogP contribution in [0.2, 0.25) is 0 Å². The number of anilines is 1. The third kappa shape index (κ3) is 2.67. The van der Waals surface area contributed by atoms with Crippen molar-refractivity contribution in [1.29, 1.82) is 0 Å². The number of nitrogens with one attached hydrogen (secondary N) is 1. The predicted molar refractivity (Wildman–Crippen MR) is 86.4 cm³/mol. The van der Waals surface area contributed by atoms with Gasteiger partial charge in [0, 0.05) is 17.6 Å². The first-order chi connectivity index (χ1) is 10.7. The van der Waals surface area contributed by atoms with E-state index in [1.807, 2.05) is 42.5 Å². The molecule has 0 spiro atoms. The maximum Gasteiger partial charge on any atom is 0.247 e. The van der Waals surface area contributed by atoms with Crippen molar-refractivity contribution in [2.45, 2.75) is 18.9 Å². The molecule has 114 valence electrons. The minimum absolute atomic E-state index is 0.0575. The molecule has 3 N–H and O–H groups in total. The van der Waals surface area contributed by atoms with Crippen LogP contribution in [0.1, 0.15) is 12.8 Å². The Morgan fingerprint density at radius 3 is 2.77 bits per heavy atom. The molecule has 0 saturated carbocycles. The van der Waals surface area contributed by atoms with Gasteiger partial charge in [-0.05, 0) is 24.3 Å². The van der Waals surface area contributed by atoms with Crippen LogP contribution in [0.5, 0.6) is 0 Å². The largest absolute Gasteiger partial charge is 0.330 e. The van der Waals surface area contributed by atoms with Crippen LogP contribution >= 0.6 is 0 Å². The van der Waals surface area contributed by atoms with Gasteiger partial charge in [0.05, 0.1) is 6.54 Å². The van der Waals surface area contributed by atoms with E-state index in [4.69, 9.17) is 5.73 Å². The molecule has 3 rings (SSSR count). The molecule has 0 unspecified atom stereocenters. The van der Waals surface area contributed by atoms with Crippen LogP contribution in [0.4, 0.5) is 5.69 Å². The van der Waals surface area contributed by atoms with Gasteiger partial charge in [-0.15, -0.1) is 0 Å². The lowest BCUT2D eigenvalue weighted by Crippen LogP contribution is -2.45. The summed E-state index contributed by atoms with van der Waals surface area (Å²) in [5, 5.41) is 5.03. The van der Waals surface area contributed by atoms with Crippen LogP contribution in [0, 0.1) is 0 Å². The van der Waals surface area contributed by atoms with Gasteiger partial charge in [0.2, 0.25) is 11.8 Å². The highest BCUT2D eigenvalue weighted by Gasteiger charge is 2.33. The Balaban J connectivity index is 1.83. The van der Waals surface area contributed by atoms with E-state index >= 15 is 0 Å². The van der Waals surface area contributed by atoms with E-state index in [1.54, 1.807) is 4.90 Å². The van der Waals surface area contributed by atoms with Gasteiger partial charge < -0.3 is 16.0 Å². The Labute approximate surface area is 129 Å². The molecular formula is C17H19N3O2. The number of likely N-dealkylation sites (tertiary alicyclic amines) is 1. The Morgan fingerprint density at radius 2 is 1.95 bits per heavy atom. The fourth-order valence-electron chi connectivity index (χ4n) is 3.01. The van der Waals surface area contributed by atoms with Gasteiger partial charge in [-0.25, -0.2) is 0 Å². The van der Waals surface area contributed by atoms with Gasteiger partial charge in [-0.1, -0.05) is 36.4 Å². The third-order valence-corrected chi connectivity index (χ3v) is 4.10. The van der Waals surface area contributed by atoms with Crippen LogP contribution in [-0.4, -0.2) is 35.8 Å². The smallest absolute Gasteiger partial charge is 0.247 e. The summed E-state index contributed by atoms with van der Waals surface area (Å²) < 4.78 is 0. The number of carbonyl (C=O) groups excluding carboxylic acids is 2. The number of hydrogen-bond acceptors (Lipinski definition) is 3. The second-order valence-electron chi connectivity index (χ2n) is 5.47. The van der Waals surface area contributed by atoms with Crippen LogP contribution in [0.25, 0.3) is 10.8 Å². The lowest BCUT2D eigenvalue weighted by atomic mass is 10.1. The zero-order valence-corrected chi connectivity index (χ0v) is 12.3. The molecule has 1 saturated heterocycles. The Hall–Kier alpha value is -2.40. The molecule has 1 fully saturated rings. The Bertz CT molecular complexity index is 709. The van der Waals surface area contributed by atoms with Gasteiger partial charge in [-0.2, -0.15) is 0 Å². The monoisotopic (exact) mass is 297 g/mol. The number of fused-ring (bicyclic) bond motifs is 1. The first kappa shape index (κ1) is 14.5. The molecule has 5 heteroatoms. The molecule has 0 radical (unpaired) electrons. The number of hydrogen-bond donors (Lipinski definition) is 2. The molecule has 22 heavy (non-hydrogen) atoms. The lowest BCUT2D eigenvalue weighted by Gasteiger charge is -2.23. The molecule has 2 aromatic carbocycles. The molecule has 0 bridgehead atoms. The number of amides is 2. The van der Waals surface area contributed by atoms with Crippen LogP contribution in [0.3, 0.4) is 0 Å². The first-order valence-electron chi connectivity index (χ1n) is 7.49. The van der Waals surface area contributed by atoms with Crippen molar-refractivity contribution >= 4 is 28.3 Å². The second kappa shape index (κ2) is 6.15. The molecule has 1 heterocycles. The number of nitrogens with zero attached hydrogens (tertiary/aromatic N) is 1. The van der Waals surface area contributed by atoms with Crippen molar-refractivity contribution in [2.24, 2.45) is 5.73 Å². The van der Waals surface area contributed by atoms with E-state index in [9.17, 15) is 9.59 Å². The van der Waals surface area contributed by atoms with Crippen LogP contribution in [-0.2, 0) is 9.59 Å². The van der Waals surface area contributed by atoms with Crippen molar-refractivity contribution < 1.29 is 9.59 Å². The average molecular weight is 297 g/mol. The summed E-state index contributed by atoms with van der Waals surface area (Å²) in [4.78, 5) is 25.9. The number of rotatable bonds is 3. The van der Waals surface area contributed by atoms with Gasteiger partial charge in [-0.3, -0.25) is 9.59 Å². The minimum atomic E-state index is -0.421. The normalized spacial score (nSPS) is 17.7. The molecule has 5 nitrogen and oxygen atoms in total. The van der Waals surface area contributed by atoms with E-state index in [2.05, 4.69) is 5.32 Å². The quantitative estimate of drug-likeness (QED) is 0.906. The van der Waals surface area contributed by atoms with E-state index < -0.39 is 6.04 Å². The molecule has 0 aliphatic carbocycles. The highest BCUT2D eigenvalue weighted by atomic mass is 16.2. The summed E-state index contributed by atoms with van der Waals surface area (Å²) in [6, 6.07) is 13.3. The van der Waals surface area contributed by atoms with Crippen molar-refractivity contribution in [2.75, 3.05) is 18.4 Å². The first-order valence-corrected chi connectivity index (χ1v) is 7.49. The van der Waals surface area contributed by atoms with Crippen molar-refractivity contribution in [3.63, 3.8) is 0 Å². The minimum Gasteiger partial charge on any atom is -0.330 e. The van der Waals surface area contributed by atoms with Gasteiger partial charge >= 0.3 is 0 Å².